The number of aromatic carboxylic acids is 1. The Morgan fingerprint density at radius 2 is 1.62 bits per heavy atom. The predicted octanol–water partition coefficient (Wildman–Crippen LogP) is 9.11. The second-order valence-corrected chi connectivity index (χ2v) is 10.1. The fraction of sp³-hybridized carbons (Fsp3) is 0.0625. The van der Waals surface area contributed by atoms with E-state index in [1.165, 1.54) is 6.07 Å². The van der Waals surface area contributed by atoms with Crippen molar-refractivity contribution >= 4 is 47.0 Å². The zero-order valence-corrected chi connectivity index (χ0v) is 23.7. The summed E-state index contributed by atoms with van der Waals surface area (Å²) in [6.07, 6.45) is 5.93. The van der Waals surface area contributed by atoms with Crippen LogP contribution in [0.5, 0.6) is 11.5 Å². The molecule has 0 fully saturated rings. The van der Waals surface area contributed by atoms with E-state index in [4.69, 9.17) is 38.0 Å². The number of aromatic nitrogens is 2. The third kappa shape index (κ3) is 6.35. The Balaban J connectivity index is 1.28. The Bertz CT molecular complexity index is 1810. The van der Waals surface area contributed by atoms with E-state index in [1.807, 2.05) is 65.4 Å². The van der Waals surface area contributed by atoms with E-state index in [1.54, 1.807) is 24.3 Å². The van der Waals surface area contributed by atoms with Crippen LogP contribution < -0.4 is 4.74 Å². The fourth-order valence-corrected chi connectivity index (χ4v) is 4.86. The predicted molar refractivity (Wildman–Crippen MR) is 164 cm³/mol. The number of rotatable bonds is 9. The number of benzene rings is 4. The smallest absolute Gasteiger partial charge is 0.342 e. The molecular weight excluding hydrogens is 577 g/mol. The standard InChI is InChI=1S/C32H23Cl2N3O5/c1-2-36-19-29(26-14-10-23(33)17-28(26)34)35-31(36)16-5-20-3-6-21(7-4-20)22-8-11-24(12-9-22)42-25-13-15-27(32(38)39)30(18-25)37(40)41/h3-19H,2H2,1H3,(H,38,39). The summed E-state index contributed by atoms with van der Waals surface area (Å²) >= 11 is 12.4. The molecule has 1 aromatic heterocycles. The Morgan fingerprint density at radius 1 is 0.952 bits per heavy atom. The molecule has 8 nitrogen and oxygen atoms in total. The van der Waals surface area contributed by atoms with Crippen LogP contribution in [0.1, 0.15) is 28.7 Å². The Labute approximate surface area is 251 Å². The van der Waals surface area contributed by atoms with Crippen LogP contribution in [0.15, 0.2) is 91.1 Å². The van der Waals surface area contributed by atoms with Crippen LogP contribution in [0.3, 0.4) is 0 Å². The van der Waals surface area contributed by atoms with Gasteiger partial charge in [-0.05, 0) is 72.2 Å². The first-order valence-electron chi connectivity index (χ1n) is 12.8. The van der Waals surface area contributed by atoms with Gasteiger partial charge in [0.1, 0.15) is 22.9 Å². The highest BCUT2D eigenvalue weighted by Gasteiger charge is 2.20. The number of hydrogen-bond acceptors (Lipinski definition) is 5. The fourth-order valence-electron chi connectivity index (χ4n) is 4.36. The molecule has 5 rings (SSSR count). The lowest BCUT2D eigenvalue weighted by atomic mass is 10.0. The van der Waals surface area contributed by atoms with E-state index >= 15 is 0 Å². The summed E-state index contributed by atoms with van der Waals surface area (Å²) in [5, 5.41) is 21.5. The van der Waals surface area contributed by atoms with Crippen LogP contribution in [0.25, 0.3) is 34.5 Å². The third-order valence-electron chi connectivity index (χ3n) is 6.51. The number of nitro groups is 1. The molecule has 42 heavy (non-hydrogen) atoms. The van der Waals surface area contributed by atoms with Crippen molar-refractivity contribution in [1.29, 1.82) is 0 Å². The highest BCUT2D eigenvalue weighted by atomic mass is 35.5. The number of nitrogens with zero attached hydrogens (tertiary/aromatic N) is 3. The molecular formula is C32H23Cl2N3O5. The normalized spacial score (nSPS) is 11.1. The average Bonchev–Trinajstić information content (AvgIpc) is 3.39. The molecule has 0 spiro atoms. The molecule has 0 unspecified atom stereocenters. The van der Waals surface area contributed by atoms with E-state index in [0.717, 1.165) is 52.4 Å². The van der Waals surface area contributed by atoms with Gasteiger partial charge in [-0.3, -0.25) is 10.1 Å². The minimum absolute atomic E-state index is 0.169. The molecule has 0 amide bonds. The van der Waals surface area contributed by atoms with Gasteiger partial charge in [0, 0.05) is 23.3 Å². The molecule has 1 heterocycles. The van der Waals surface area contributed by atoms with Gasteiger partial charge in [0.05, 0.1) is 21.7 Å². The number of imidazole rings is 1. The molecule has 0 atom stereocenters. The lowest BCUT2D eigenvalue weighted by Gasteiger charge is -2.08. The Morgan fingerprint density at radius 3 is 2.24 bits per heavy atom. The van der Waals surface area contributed by atoms with E-state index in [9.17, 15) is 14.9 Å². The maximum atomic E-state index is 11.2. The van der Waals surface area contributed by atoms with Gasteiger partial charge in [-0.25, -0.2) is 9.78 Å². The van der Waals surface area contributed by atoms with Gasteiger partial charge >= 0.3 is 5.97 Å². The molecule has 1 N–H and O–H groups in total. The van der Waals surface area contributed by atoms with Gasteiger partial charge in [-0.1, -0.05) is 65.7 Å². The van der Waals surface area contributed by atoms with Crippen LogP contribution >= 0.6 is 23.2 Å². The van der Waals surface area contributed by atoms with Crippen LogP contribution in [0.4, 0.5) is 5.69 Å². The molecule has 0 radical (unpaired) electrons. The van der Waals surface area contributed by atoms with Crippen molar-refractivity contribution in [3.63, 3.8) is 0 Å². The quantitative estimate of drug-likeness (QED) is 0.134. The number of aryl methyl sites for hydroxylation is 1. The largest absolute Gasteiger partial charge is 0.477 e. The highest BCUT2D eigenvalue weighted by Crippen LogP contribution is 2.32. The number of hydrogen-bond donors (Lipinski definition) is 1. The molecule has 0 aliphatic rings. The zero-order chi connectivity index (χ0) is 29.8. The maximum Gasteiger partial charge on any atom is 0.342 e. The first kappa shape index (κ1) is 28.6. The van der Waals surface area contributed by atoms with Crippen LogP contribution in [0.2, 0.25) is 10.0 Å². The maximum absolute atomic E-state index is 11.2. The first-order valence-corrected chi connectivity index (χ1v) is 13.6. The number of carboxylic acids is 1. The summed E-state index contributed by atoms with van der Waals surface area (Å²) < 4.78 is 7.77. The Kier molecular flexibility index (Phi) is 8.38. The summed E-state index contributed by atoms with van der Waals surface area (Å²) in [6.45, 7) is 2.80. The average molecular weight is 600 g/mol. The lowest BCUT2D eigenvalue weighted by Crippen LogP contribution is -2.02. The second kappa shape index (κ2) is 12.3. The highest BCUT2D eigenvalue weighted by molar-refractivity contribution is 6.36. The van der Waals surface area contributed by atoms with E-state index in [0.29, 0.717) is 15.8 Å². The van der Waals surface area contributed by atoms with Crippen molar-refractivity contribution < 1.29 is 19.6 Å². The molecule has 0 bridgehead atoms. The number of carbonyl (C=O) groups is 1. The SMILES string of the molecule is CCn1cc(-c2ccc(Cl)cc2Cl)nc1C=Cc1ccc(-c2ccc(Oc3ccc(C(=O)O)c([N+](=O)[O-])c3)cc2)cc1. The summed E-state index contributed by atoms with van der Waals surface area (Å²) in [6, 6.07) is 24.3. The second-order valence-electron chi connectivity index (χ2n) is 9.22. The van der Waals surface area contributed by atoms with E-state index in [2.05, 4.69) is 6.92 Å². The third-order valence-corrected chi connectivity index (χ3v) is 7.06. The number of nitro benzene ring substituents is 1. The van der Waals surface area contributed by atoms with E-state index < -0.39 is 22.1 Å². The summed E-state index contributed by atoms with van der Waals surface area (Å²) in [5.41, 5.74) is 3.62. The van der Waals surface area contributed by atoms with Gasteiger partial charge in [0.2, 0.25) is 0 Å². The van der Waals surface area contributed by atoms with Crippen molar-refractivity contribution in [2.24, 2.45) is 0 Å². The minimum atomic E-state index is -1.38. The van der Waals surface area contributed by atoms with Crippen LogP contribution in [0, 0.1) is 10.1 Å². The molecule has 210 valence electrons. The molecule has 10 heteroatoms. The van der Waals surface area contributed by atoms with Gasteiger partial charge < -0.3 is 14.4 Å². The molecule has 5 aromatic rings. The summed E-state index contributed by atoms with van der Waals surface area (Å²) in [7, 11) is 0. The molecule has 0 saturated heterocycles. The van der Waals surface area contributed by atoms with Gasteiger partial charge in [-0.15, -0.1) is 0 Å². The topological polar surface area (TPSA) is 107 Å². The Hall–Kier alpha value is -4.92. The number of halogens is 2. The molecule has 0 saturated carbocycles. The van der Waals surface area contributed by atoms with E-state index in [-0.39, 0.29) is 5.75 Å². The van der Waals surface area contributed by atoms with Crippen molar-refractivity contribution in [2.45, 2.75) is 13.5 Å². The van der Waals surface area contributed by atoms with Crippen molar-refractivity contribution in [2.75, 3.05) is 0 Å². The van der Waals surface area contributed by atoms with Crippen molar-refractivity contribution in [3.8, 4) is 33.9 Å². The van der Waals surface area contributed by atoms with Crippen molar-refractivity contribution in [3.05, 3.63) is 128 Å². The molecule has 0 aliphatic carbocycles. The number of ether oxygens (including phenoxy) is 1. The minimum Gasteiger partial charge on any atom is -0.477 e. The monoisotopic (exact) mass is 599 g/mol. The summed E-state index contributed by atoms with van der Waals surface area (Å²) in [4.78, 5) is 26.5. The first-order chi connectivity index (χ1) is 20.2. The lowest BCUT2D eigenvalue weighted by molar-refractivity contribution is -0.385. The zero-order valence-electron chi connectivity index (χ0n) is 22.2. The number of carboxylic acid groups (broad SMARTS) is 1. The van der Waals surface area contributed by atoms with Gasteiger partial charge in [0.25, 0.3) is 5.69 Å². The van der Waals surface area contributed by atoms with Crippen LogP contribution in [-0.4, -0.2) is 25.6 Å². The van der Waals surface area contributed by atoms with Gasteiger partial charge in [0.15, 0.2) is 0 Å². The summed E-state index contributed by atoms with van der Waals surface area (Å²) in [5.74, 6) is 0.0603. The van der Waals surface area contributed by atoms with Crippen molar-refractivity contribution in [1.82, 2.24) is 9.55 Å². The molecule has 4 aromatic carbocycles. The van der Waals surface area contributed by atoms with Crippen LogP contribution in [-0.2, 0) is 6.54 Å². The van der Waals surface area contributed by atoms with Gasteiger partial charge in [-0.2, -0.15) is 0 Å². The molecule has 0 aliphatic heterocycles.